The number of benzene rings is 1. The van der Waals surface area contributed by atoms with Crippen LogP contribution in [0.2, 0.25) is 0 Å². The predicted molar refractivity (Wildman–Crippen MR) is 97.5 cm³/mol. The minimum absolute atomic E-state index is 0.0126. The van der Waals surface area contributed by atoms with Crippen molar-refractivity contribution in [1.29, 1.82) is 0 Å². The Bertz CT molecular complexity index is 833. The van der Waals surface area contributed by atoms with Crippen LogP contribution in [0.5, 0.6) is 11.5 Å². The summed E-state index contributed by atoms with van der Waals surface area (Å²) in [5.41, 5.74) is 3.20. The molecule has 0 aliphatic carbocycles. The number of rotatable bonds is 3. The van der Waals surface area contributed by atoms with Crippen molar-refractivity contribution in [3.05, 3.63) is 35.0 Å². The van der Waals surface area contributed by atoms with Gasteiger partial charge in [0.05, 0.1) is 23.8 Å². The van der Waals surface area contributed by atoms with Gasteiger partial charge in [-0.15, -0.1) is 11.8 Å². The van der Waals surface area contributed by atoms with Crippen molar-refractivity contribution in [3.63, 3.8) is 0 Å². The maximum atomic E-state index is 12.1. The van der Waals surface area contributed by atoms with E-state index in [1.807, 2.05) is 20.2 Å². The SMILES string of the molecule is CCOc1cc2c(cc1[C@H]1SCC(=O)Nc3c1cnn3C)O[C@@H](C)C2. The lowest BCUT2D eigenvalue weighted by Crippen LogP contribution is -2.15. The van der Waals surface area contributed by atoms with E-state index >= 15 is 0 Å². The first-order valence-electron chi connectivity index (χ1n) is 8.46. The van der Waals surface area contributed by atoms with Gasteiger partial charge >= 0.3 is 0 Å². The van der Waals surface area contributed by atoms with E-state index in [2.05, 4.69) is 29.5 Å². The van der Waals surface area contributed by atoms with E-state index in [1.54, 1.807) is 16.4 Å². The van der Waals surface area contributed by atoms with Crippen molar-refractivity contribution in [1.82, 2.24) is 9.78 Å². The maximum absolute atomic E-state index is 12.1. The molecule has 132 valence electrons. The number of thioether (sulfide) groups is 1. The summed E-state index contributed by atoms with van der Waals surface area (Å²) in [4.78, 5) is 12.1. The third-order valence-electron chi connectivity index (χ3n) is 4.50. The molecule has 1 amide bonds. The van der Waals surface area contributed by atoms with Crippen molar-refractivity contribution in [3.8, 4) is 11.5 Å². The number of aromatic nitrogens is 2. The normalized spacial score (nSPS) is 21.8. The number of carbonyl (C=O) groups excluding carboxylic acids is 1. The molecule has 1 aromatic heterocycles. The molecule has 0 saturated carbocycles. The van der Waals surface area contributed by atoms with E-state index in [0.29, 0.717) is 12.4 Å². The van der Waals surface area contributed by atoms with E-state index < -0.39 is 0 Å². The molecule has 0 radical (unpaired) electrons. The molecule has 2 aliphatic heterocycles. The minimum atomic E-state index is -0.0333. The number of nitrogens with one attached hydrogen (secondary N) is 1. The summed E-state index contributed by atoms with van der Waals surface area (Å²) in [7, 11) is 1.84. The monoisotopic (exact) mass is 359 g/mol. The Hall–Kier alpha value is -2.15. The maximum Gasteiger partial charge on any atom is 0.235 e. The fourth-order valence-electron chi connectivity index (χ4n) is 3.41. The lowest BCUT2D eigenvalue weighted by atomic mass is 10.0. The molecule has 4 rings (SSSR count). The van der Waals surface area contributed by atoms with Crippen LogP contribution in [0.25, 0.3) is 0 Å². The van der Waals surface area contributed by atoms with E-state index in [0.717, 1.165) is 34.9 Å². The van der Waals surface area contributed by atoms with E-state index in [-0.39, 0.29) is 17.3 Å². The van der Waals surface area contributed by atoms with Crippen molar-refractivity contribution in [2.45, 2.75) is 31.6 Å². The van der Waals surface area contributed by atoms with Gasteiger partial charge in [0.15, 0.2) is 0 Å². The van der Waals surface area contributed by atoms with Gasteiger partial charge in [-0.05, 0) is 26.0 Å². The average molecular weight is 359 g/mol. The van der Waals surface area contributed by atoms with Gasteiger partial charge in [-0.25, -0.2) is 0 Å². The molecular formula is C18H21N3O3S. The van der Waals surface area contributed by atoms with Gasteiger partial charge in [0.1, 0.15) is 23.4 Å². The van der Waals surface area contributed by atoms with E-state index in [9.17, 15) is 4.79 Å². The van der Waals surface area contributed by atoms with Crippen molar-refractivity contribution in [2.75, 3.05) is 17.7 Å². The Morgan fingerprint density at radius 3 is 3.08 bits per heavy atom. The summed E-state index contributed by atoms with van der Waals surface area (Å²) < 4.78 is 13.6. The zero-order valence-electron chi connectivity index (χ0n) is 14.5. The van der Waals surface area contributed by atoms with Crippen LogP contribution in [-0.2, 0) is 18.3 Å². The van der Waals surface area contributed by atoms with Gasteiger partial charge in [-0.1, -0.05) is 0 Å². The Labute approximate surface area is 150 Å². The third kappa shape index (κ3) is 2.86. The predicted octanol–water partition coefficient (Wildman–Crippen LogP) is 2.92. The number of fused-ring (bicyclic) bond motifs is 2. The molecule has 2 aromatic rings. The van der Waals surface area contributed by atoms with Crippen molar-refractivity contribution < 1.29 is 14.3 Å². The Morgan fingerprint density at radius 1 is 1.44 bits per heavy atom. The molecule has 0 spiro atoms. The summed E-state index contributed by atoms with van der Waals surface area (Å²) >= 11 is 1.59. The van der Waals surface area contributed by atoms with Gasteiger partial charge in [0, 0.05) is 30.2 Å². The van der Waals surface area contributed by atoms with Crippen LogP contribution < -0.4 is 14.8 Å². The highest BCUT2D eigenvalue weighted by molar-refractivity contribution is 8.00. The zero-order chi connectivity index (χ0) is 17.6. The number of hydrogen-bond acceptors (Lipinski definition) is 5. The van der Waals surface area contributed by atoms with Crippen LogP contribution in [0.15, 0.2) is 18.3 Å². The number of hydrogen-bond donors (Lipinski definition) is 1. The summed E-state index contributed by atoms with van der Waals surface area (Å²) in [6.45, 7) is 4.65. The number of nitrogens with zero attached hydrogens (tertiary/aromatic N) is 2. The Balaban J connectivity index is 1.83. The number of aryl methyl sites for hydroxylation is 1. The minimum Gasteiger partial charge on any atom is -0.494 e. The average Bonchev–Trinajstić information content (AvgIpc) is 3.05. The van der Waals surface area contributed by atoms with Gasteiger partial charge in [-0.2, -0.15) is 5.10 Å². The van der Waals surface area contributed by atoms with Crippen molar-refractivity contribution in [2.24, 2.45) is 7.05 Å². The highest BCUT2D eigenvalue weighted by Crippen LogP contribution is 2.47. The lowest BCUT2D eigenvalue weighted by Gasteiger charge is -2.19. The Kier molecular flexibility index (Phi) is 4.11. The van der Waals surface area contributed by atoms with Gasteiger partial charge in [0.25, 0.3) is 0 Å². The molecule has 2 atom stereocenters. The smallest absolute Gasteiger partial charge is 0.235 e. The molecule has 6 nitrogen and oxygen atoms in total. The van der Waals surface area contributed by atoms with Gasteiger partial charge in [-0.3, -0.25) is 9.48 Å². The molecule has 0 saturated heterocycles. The van der Waals surface area contributed by atoms with Crippen LogP contribution in [0, 0.1) is 0 Å². The molecule has 1 N–H and O–H groups in total. The second kappa shape index (κ2) is 6.29. The van der Waals surface area contributed by atoms with Crippen LogP contribution in [0.1, 0.15) is 35.8 Å². The first-order valence-corrected chi connectivity index (χ1v) is 9.51. The third-order valence-corrected chi connectivity index (χ3v) is 5.77. The second-order valence-electron chi connectivity index (χ2n) is 6.37. The molecule has 0 bridgehead atoms. The fraction of sp³-hybridized carbons (Fsp3) is 0.444. The molecule has 7 heteroatoms. The largest absolute Gasteiger partial charge is 0.494 e. The molecular weight excluding hydrogens is 338 g/mol. The molecule has 0 unspecified atom stereocenters. The van der Waals surface area contributed by atoms with Crippen LogP contribution >= 0.6 is 11.8 Å². The molecule has 1 aromatic carbocycles. The Morgan fingerprint density at radius 2 is 2.28 bits per heavy atom. The van der Waals surface area contributed by atoms with Gasteiger partial charge in [0.2, 0.25) is 5.91 Å². The number of carbonyl (C=O) groups is 1. The summed E-state index contributed by atoms with van der Waals surface area (Å²) in [5.74, 6) is 2.90. The van der Waals surface area contributed by atoms with Crippen molar-refractivity contribution >= 4 is 23.5 Å². The topological polar surface area (TPSA) is 65.4 Å². The van der Waals surface area contributed by atoms with Gasteiger partial charge < -0.3 is 14.8 Å². The number of ether oxygens (including phenoxy) is 2. The molecule has 3 heterocycles. The standard InChI is InChI=1S/C18H21N3O3S/c1-4-23-15-6-11-5-10(2)24-14(11)7-12(15)17-13-8-19-21(3)18(13)20-16(22)9-25-17/h6-8,10,17H,4-5,9H2,1-3H3,(H,20,22)/t10-,17+/m0/s1. The quantitative estimate of drug-likeness (QED) is 0.913. The summed E-state index contributed by atoms with van der Waals surface area (Å²) in [6, 6.07) is 4.17. The molecule has 0 fully saturated rings. The van der Waals surface area contributed by atoms with Crippen LogP contribution in [0.3, 0.4) is 0 Å². The lowest BCUT2D eigenvalue weighted by molar-refractivity contribution is -0.113. The number of amides is 1. The van der Waals surface area contributed by atoms with E-state index in [1.165, 1.54) is 5.56 Å². The second-order valence-corrected chi connectivity index (χ2v) is 7.47. The zero-order valence-corrected chi connectivity index (χ0v) is 15.4. The van der Waals surface area contributed by atoms with Crippen LogP contribution in [0.4, 0.5) is 5.82 Å². The highest BCUT2D eigenvalue weighted by atomic mass is 32.2. The van der Waals surface area contributed by atoms with E-state index in [4.69, 9.17) is 9.47 Å². The molecule has 25 heavy (non-hydrogen) atoms. The molecule has 2 aliphatic rings. The fourth-order valence-corrected chi connectivity index (χ4v) is 4.52. The van der Waals surface area contributed by atoms with Crippen LogP contribution in [-0.4, -0.2) is 34.2 Å². The summed E-state index contributed by atoms with van der Waals surface area (Å²) in [6.07, 6.45) is 2.90. The highest BCUT2D eigenvalue weighted by Gasteiger charge is 2.31. The first-order chi connectivity index (χ1) is 12.1. The number of anilines is 1. The summed E-state index contributed by atoms with van der Waals surface area (Å²) in [5, 5.41) is 7.24. The first kappa shape index (κ1) is 16.3.